The van der Waals surface area contributed by atoms with Crippen molar-refractivity contribution in [3.05, 3.63) is 60.3 Å². The summed E-state index contributed by atoms with van der Waals surface area (Å²) >= 11 is 0. The highest BCUT2D eigenvalue weighted by Gasteiger charge is 1.97. The minimum Gasteiger partial charge on any atom is -0.0992 e. The lowest BCUT2D eigenvalue weighted by Gasteiger charge is -2.06. The van der Waals surface area contributed by atoms with Gasteiger partial charge in [0.2, 0.25) is 0 Å². The van der Waals surface area contributed by atoms with E-state index in [9.17, 15) is 0 Å². The van der Waals surface area contributed by atoms with Crippen molar-refractivity contribution < 1.29 is 0 Å². The average molecular weight is 319 g/mol. The molecule has 0 saturated heterocycles. The first-order valence-corrected chi connectivity index (χ1v) is 9.30. The first kappa shape index (κ1) is 26.6. The Kier molecular flexibility index (Phi) is 26.6. The molecular formula is C23H42. The van der Waals surface area contributed by atoms with Crippen molar-refractivity contribution in [1.29, 1.82) is 0 Å². The number of allylic oxidation sites excluding steroid dienone is 9. The van der Waals surface area contributed by atoms with Crippen LogP contribution in [0.5, 0.6) is 0 Å². The van der Waals surface area contributed by atoms with Gasteiger partial charge in [-0.15, -0.1) is 0 Å². The molecule has 0 N–H and O–H groups in total. The monoisotopic (exact) mass is 318 g/mol. The van der Waals surface area contributed by atoms with E-state index in [0.717, 1.165) is 12.8 Å². The molecule has 0 radical (unpaired) electrons. The van der Waals surface area contributed by atoms with E-state index in [-0.39, 0.29) is 0 Å². The lowest BCUT2D eigenvalue weighted by Crippen LogP contribution is -1.89. The summed E-state index contributed by atoms with van der Waals surface area (Å²) in [6.45, 7) is 21.1. The van der Waals surface area contributed by atoms with Crippen molar-refractivity contribution in [2.45, 2.75) is 81.1 Å². The van der Waals surface area contributed by atoms with E-state index in [4.69, 9.17) is 0 Å². The molecule has 0 aliphatic heterocycles. The van der Waals surface area contributed by atoms with Crippen LogP contribution in [0.25, 0.3) is 0 Å². The third kappa shape index (κ3) is 26.0. The molecule has 1 unspecified atom stereocenters. The molecule has 0 bridgehead atoms. The number of rotatable bonds is 8. The van der Waals surface area contributed by atoms with E-state index in [1.807, 2.05) is 39.0 Å². The van der Waals surface area contributed by atoms with Gasteiger partial charge in [0.1, 0.15) is 0 Å². The molecule has 0 aromatic rings. The third-order valence-corrected chi connectivity index (χ3v) is 2.81. The van der Waals surface area contributed by atoms with Crippen molar-refractivity contribution in [2.24, 2.45) is 5.92 Å². The summed E-state index contributed by atoms with van der Waals surface area (Å²) < 4.78 is 0. The van der Waals surface area contributed by atoms with Crippen molar-refractivity contribution in [1.82, 2.24) is 0 Å². The highest BCUT2D eigenvalue weighted by atomic mass is 14.0. The van der Waals surface area contributed by atoms with E-state index in [2.05, 4.69) is 65.5 Å². The van der Waals surface area contributed by atoms with Crippen LogP contribution in [0.4, 0.5) is 0 Å². The van der Waals surface area contributed by atoms with Crippen molar-refractivity contribution >= 4 is 0 Å². The van der Waals surface area contributed by atoms with Gasteiger partial charge in [-0.2, -0.15) is 0 Å². The normalized spacial score (nSPS) is 12.8. The van der Waals surface area contributed by atoms with Gasteiger partial charge in [0.05, 0.1) is 0 Å². The lowest BCUT2D eigenvalue weighted by molar-refractivity contribution is 0.690. The quantitative estimate of drug-likeness (QED) is 0.311. The molecule has 134 valence electrons. The Morgan fingerprint density at radius 1 is 1.00 bits per heavy atom. The first-order chi connectivity index (χ1) is 11.0. The second-order valence-corrected chi connectivity index (χ2v) is 5.58. The van der Waals surface area contributed by atoms with Gasteiger partial charge in [0.15, 0.2) is 0 Å². The maximum atomic E-state index is 4.13. The molecule has 0 aliphatic rings. The molecule has 23 heavy (non-hydrogen) atoms. The summed E-state index contributed by atoms with van der Waals surface area (Å²) in [5, 5.41) is 0. The molecule has 0 fully saturated rings. The van der Waals surface area contributed by atoms with Gasteiger partial charge in [0, 0.05) is 0 Å². The molecule has 0 heterocycles. The summed E-state index contributed by atoms with van der Waals surface area (Å²) in [7, 11) is 0. The van der Waals surface area contributed by atoms with Crippen LogP contribution in [0.3, 0.4) is 0 Å². The summed E-state index contributed by atoms with van der Waals surface area (Å²) in [4.78, 5) is 0. The minimum absolute atomic E-state index is 0.678. The second-order valence-electron chi connectivity index (χ2n) is 5.58. The van der Waals surface area contributed by atoms with Crippen LogP contribution in [0.1, 0.15) is 81.1 Å². The highest BCUT2D eigenvalue weighted by Crippen LogP contribution is 2.16. The molecule has 1 atom stereocenters. The summed E-state index contributed by atoms with van der Waals surface area (Å²) in [6, 6.07) is 0. The molecule has 0 spiro atoms. The fourth-order valence-corrected chi connectivity index (χ4v) is 1.68. The standard InChI is InChI=1S/C18H28.C3H8.C2H6/c1-6-8-9-10-11-12-13-17(4)15-18(5)14-16(3)7-2;1-3-2;1-2/h6,8-12,14,16H,4,7,13,15H2,1-3,5H3;3H2,1-2H3;1-2H3/b8-6-,10-9-,12-11+,18-14-;;. The zero-order chi connectivity index (χ0) is 18.5. The molecular weight excluding hydrogens is 276 g/mol. The van der Waals surface area contributed by atoms with Gasteiger partial charge in [-0.05, 0) is 32.6 Å². The highest BCUT2D eigenvalue weighted by molar-refractivity contribution is 5.17. The van der Waals surface area contributed by atoms with E-state index >= 15 is 0 Å². The van der Waals surface area contributed by atoms with Crippen LogP contribution < -0.4 is 0 Å². The Bertz CT molecular complexity index is 350. The van der Waals surface area contributed by atoms with Gasteiger partial charge < -0.3 is 0 Å². The average Bonchev–Trinajstić information content (AvgIpc) is 2.53. The van der Waals surface area contributed by atoms with Crippen molar-refractivity contribution in [3.8, 4) is 0 Å². The van der Waals surface area contributed by atoms with E-state index in [0.29, 0.717) is 5.92 Å². The van der Waals surface area contributed by atoms with Crippen LogP contribution >= 0.6 is 0 Å². The van der Waals surface area contributed by atoms with Crippen LogP contribution in [0, 0.1) is 5.92 Å². The second kappa shape index (κ2) is 23.0. The third-order valence-electron chi connectivity index (χ3n) is 2.81. The van der Waals surface area contributed by atoms with Crippen molar-refractivity contribution in [3.63, 3.8) is 0 Å². The molecule has 0 aromatic carbocycles. The Hall–Kier alpha value is -1.30. The maximum Gasteiger partial charge on any atom is -0.0111 e. The van der Waals surface area contributed by atoms with Gasteiger partial charge in [-0.3, -0.25) is 0 Å². The SMILES string of the molecule is C=C(C/C=C/C=C\C=C/C)C/C(C)=C\C(C)CC.CC.CCC. The smallest absolute Gasteiger partial charge is 0.0111 e. The van der Waals surface area contributed by atoms with E-state index in [1.165, 1.54) is 24.0 Å². The fourth-order valence-electron chi connectivity index (χ4n) is 1.68. The molecule has 0 nitrogen and oxygen atoms in total. The Labute approximate surface area is 147 Å². The van der Waals surface area contributed by atoms with Gasteiger partial charge in [-0.25, -0.2) is 0 Å². The van der Waals surface area contributed by atoms with Gasteiger partial charge in [0.25, 0.3) is 0 Å². The Morgan fingerprint density at radius 2 is 1.52 bits per heavy atom. The predicted octanol–water partition coefficient (Wildman–Crippen LogP) is 8.45. The molecule has 0 heteroatoms. The zero-order valence-corrected chi connectivity index (χ0v) is 17.2. The predicted molar refractivity (Wildman–Crippen MR) is 112 cm³/mol. The minimum atomic E-state index is 0.678. The lowest BCUT2D eigenvalue weighted by atomic mass is 10.00. The molecule has 0 saturated carbocycles. The number of hydrogen-bond donors (Lipinski definition) is 0. The van der Waals surface area contributed by atoms with Crippen LogP contribution in [-0.2, 0) is 0 Å². The molecule has 0 aliphatic carbocycles. The summed E-state index contributed by atoms with van der Waals surface area (Å²) in [5.41, 5.74) is 2.72. The fraction of sp³-hybridized carbons (Fsp3) is 0.565. The largest absolute Gasteiger partial charge is 0.0992 e. The van der Waals surface area contributed by atoms with Gasteiger partial charge in [-0.1, -0.05) is 115 Å². The van der Waals surface area contributed by atoms with Crippen LogP contribution in [0.15, 0.2) is 60.3 Å². The molecule has 0 aromatic heterocycles. The molecule has 0 amide bonds. The topological polar surface area (TPSA) is 0 Å². The Morgan fingerprint density at radius 3 is 2.00 bits per heavy atom. The number of hydrogen-bond acceptors (Lipinski definition) is 0. The maximum absolute atomic E-state index is 4.13. The van der Waals surface area contributed by atoms with Crippen LogP contribution in [-0.4, -0.2) is 0 Å². The van der Waals surface area contributed by atoms with E-state index < -0.39 is 0 Å². The van der Waals surface area contributed by atoms with E-state index in [1.54, 1.807) is 0 Å². The Balaban J connectivity index is -0.000000710. The van der Waals surface area contributed by atoms with Crippen LogP contribution in [0.2, 0.25) is 0 Å². The first-order valence-electron chi connectivity index (χ1n) is 9.30. The van der Waals surface area contributed by atoms with Crippen molar-refractivity contribution in [2.75, 3.05) is 0 Å². The summed E-state index contributed by atoms with van der Waals surface area (Å²) in [5.74, 6) is 0.678. The molecule has 0 rings (SSSR count). The summed E-state index contributed by atoms with van der Waals surface area (Å²) in [6.07, 6.45) is 19.2. The zero-order valence-electron chi connectivity index (χ0n) is 17.2. The van der Waals surface area contributed by atoms with Gasteiger partial charge >= 0.3 is 0 Å².